The molecule has 120 valence electrons. The minimum atomic E-state index is -3.38. The van der Waals surface area contributed by atoms with E-state index in [1.54, 1.807) is 15.6 Å². The summed E-state index contributed by atoms with van der Waals surface area (Å²) in [6.45, 7) is 5.46. The van der Waals surface area contributed by atoms with E-state index in [0.717, 1.165) is 35.3 Å². The van der Waals surface area contributed by atoms with Crippen LogP contribution in [0.25, 0.3) is 0 Å². The summed E-state index contributed by atoms with van der Waals surface area (Å²) in [6, 6.07) is 1.94. The zero-order chi connectivity index (χ0) is 15.3. The molecule has 1 atom stereocenters. The van der Waals surface area contributed by atoms with E-state index in [4.69, 9.17) is 0 Å². The second-order valence-electron chi connectivity index (χ2n) is 5.23. The van der Waals surface area contributed by atoms with E-state index >= 15 is 0 Å². The molecule has 1 aromatic rings. The Morgan fingerprint density at radius 1 is 1.52 bits per heavy atom. The monoisotopic (exact) mass is 395 g/mol. The van der Waals surface area contributed by atoms with E-state index in [2.05, 4.69) is 32.9 Å². The molecule has 1 aliphatic rings. The molecule has 2 rings (SSSR count). The van der Waals surface area contributed by atoms with Crippen molar-refractivity contribution in [1.82, 2.24) is 14.3 Å². The highest BCUT2D eigenvalue weighted by atomic mass is 79.9. The van der Waals surface area contributed by atoms with Crippen LogP contribution in [0.2, 0.25) is 0 Å². The number of hydrogen-bond acceptors (Lipinski definition) is 4. The quantitative estimate of drug-likeness (QED) is 0.743. The number of hydrogen-bond donors (Lipinski definition) is 2. The molecular formula is C13H22BrN3O2S2. The van der Waals surface area contributed by atoms with Crippen LogP contribution >= 0.6 is 27.3 Å². The standard InChI is InChI=1S/C13H22BrN3O2S2/c1-2-15-7-11-4-3-5-17(9-11)21(18,19)16-8-13-6-12(14)10-20-13/h6,10-11,15-16H,2-5,7-9H2,1H3. The summed E-state index contributed by atoms with van der Waals surface area (Å²) in [7, 11) is -3.38. The van der Waals surface area contributed by atoms with Crippen LogP contribution < -0.4 is 10.0 Å². The van der Waals surface area contributed by atoms with Crippen molar-refractivity contribution in [2.45, 2.75) is 26.3 Å². The van der Waals surface area contributed by atoms with E-state index in [-0.39, 0.29) is 0 Å². The average molecular weight is 396 g/mol. The van der Waals surface area contributed by atoms with Gasteiger partial charge in [0.15, 0.2) is 0 Å². The summed E-state index contributed by atoms with van der Waals surface area (Å²) in [5, 5.41) is 5.26. The molecule has 5 nitrogen and oxygen atoms in total. The molecule has 1 aromatic heterocycles. The van der Waals surface area contributed by atoms with Gasteiger partial charge in [-0.15, -0.1) is 11.3 Å². The Morgan fingerprint density at radius 3 is 3.00 bits per heavy atom. The second kappa shape index (κ2) is 8.03. The van der Waals surface area contributed by atoms with Crippen molar-refractivity contribution in [2.24, 2.45) is 5.92 Å². The van der Waals surface area contributed by atoms with Crippen LogP contribution in [0.15, 0.2) is 15.9 Å². The highest BCUT2D eigenvalue weighted by Gasteiger charge is 2.28. The molecule has 2 heterocycles. The van der Waals surface area contributed by atoms with Crippen LogP contribution in [0.4, 0.5) is 0 Å². The summed E-state index contributed by atoms with van der Waals surface area (Å²) < 4.78 is 30.0. The fourth-order valence-electron chi connectivity index (χ4n) is 2.46. The van der Waals surface area contributed by atoms with E-state index < -0.39 is 10.2 Å². The summed E-state index contributed by atoms with van der Waals surface area (Å²) in [4.78, 5) is 1.01. The molecule has 0 saturated carbocycles. The van der Waals surface area contributed by atoms with Crippen LogP contribution in [0, 0.1) is 5.92 Å². The molecule has 1 aliphatic heterocycles. The highest BCUT2D eigenvalue weighted by Crippen LogP contribution is 2.21. The predicted octanol–water partition coefficient (Wildman–Crippen LogP) is 2.17. The van der Waals surface area contributed by atoms with Gasteiger partial charge < -0.3 is 5.32 Å². The van der Waals surface area contributed by atoms with Gasteiger partial charge in [-0.3, -0.25) is 0 Å². The SMILES string of the molecule is CCNCC1CCCN(S(=O)(=O)NCc2cc(Br)cs2)C1. The van der Waals surface area contributed by atoms with Crippen LogP contribution in [0.1, 0.15) is 24.6 Å². The third-order valence-corrected chi connectivity index (χ3v) is 6.77. The lowest BCUT2D eigenvalue weighted by molar-refractivity contribution is 0.258. The first-order valence-corrected chi connectivity index (χ1v) is 10.3. The largest absolute Gasteiger partial charge is 0.317 e. The van der Waals surface area contributed by atoms with E-state index in [1.807, 2.05) is 11.4 Å². The molecule has 2 N–H and O–H groups in total. The molecule has 8 heteroatoms. The van der Waals surface area contributed by atoms with Crippen molar-refractivity contribution < 1.29 is 8.42 Å². The maximum Gasteiger partial charge on any atom is 0.279 e. The first kappa shape index (κ1) is 17.4. The fourth-order valence-corrected chi connectivity index (χ4v) is 5.24. The first-order valence-electron chi connectivity index (χ1n) is 7.19. The minimum absolute atomic E-state index is 0.354. The van der Waals surface area contributed by atoms with E-state index in [9.17, 15) is 8.42 Å². The summed E-state index contributed by atoms with van der Waals surface area (Å²) in [5.74, 6) is 0.408. The van der Waals surface area contributed by atoms with Crippen molar-refractivity contribution in [2.75, 3.05) is 26.2 Å². The van der Waals surface area contributed by atoms with Gasteiger partial charge in [-0.25, -0.2) is 0 Å². The Hall–Kier alpha value is 0.01000. The van der Waals surface area contributed by atoms with Gasteiger partial charge in [0.25, 0.3) is 10.2 Å². The van der Waals surface area contributed by atoms with Crippen LogP contribution in [0.3, 0.4) is 0 Å². The van der Waals surface area contributed by atoms with E-state index in [1.165, 1.54) is 0 Å². The van der Waals surface area contributed by atoms with Gasteiger partial charge in [0.2, 0.25) is 0 Å². The third-order valence-electron chi connectivity index (χ3n) is 3.56. The maximum atomic E-state index is 12.4. The molecule has 0 bridgehead atoms. The lowest BCUT2D eigenvalue weighted by atomic mass is 10.00. The van der Waals surface area contributed by atoms with Crippen molar-refractivity contribution in [3.05, 3.63) is 20.8 Å². The van der Waals surface area contributed by atoms with Gasteiger partial charge in [0.05, 0.1) is 0 Å². The zero-order valence-electron chi connectivity index (χ0n) is 12.1. The predicted molar refractivity (Wildman–Crippen MR) is 90.6 cm³/mol. The molecule has 0 aliphatic carbocycles. The normalized spacial score (nSPS) is 20.8. The molecule has 0 spiro atoms. The number of piperidine rings is 1. The molecule has 1 unspecified atom stereocenters. The average Bonchev–Trinajstić information content (AvgIpc) is 2.89. The lowest BCUT2D eigenvalue weighted by Gasteiger charge is -2.31. The summed E-state index contributed by atoms with van der Waals surface area (Å²) in [6.07, 6.45) is 2.03. The third kappa shape index (κ3) is 5.30. The van der Waals surface area contributed by atoms with Crippen LogP contribution in [-0.4, -0.2) is 38.9 Å². The van der Waals surface area contributed by atoms with Gasteiger partial charge in [-0.2, -0.15) is 17.4 Å². The summed E-state index contributed by atoms with van der Waals surface area (Å²) in [5.41, 5.74) is 0. The topological polar surface area (TPSA) is 61.4 Å². The van der Waals surface area contributed by atoms with Gasteiger partial charge in [-0.1, -0.05) is 6.92 Å². The van der Waals surface area contributed by atoms with Crippen molar-refractivity contribution in [3.63, 3.8) is 0 Å². The smallest absolute Gasteiger partial charge is 0.279 e. The number of halogens is 1. The van der Waals surface area contributed by atoms with Gasteiger partial charge in [0, 0.05) is 34.4 Å². The number of nitrogens with zero attached hydrogens (tertiary/aromatic N) is 1. The zero-order valence-corrected chi connectivity index (χ0v) is 15.4. The Morgan fingerprint density at radius 2 is 2.33 bits per heavy atom. The van der Waals surface area contributed by atoms with Gasteiger partial charge in [0.1, 0.15) is 0 Å². The maximum absolute atomic E-state index is 12.4. The fraction of sp³-hybridized carbons (Fsp3) is 0.692. The Labute approximate surface area is 139 Å². The Bertz CT molecular complexity index is 547. The van der Waals surface area contributed by atoms with Gasteiger partial charge >= 0.3 is 0 Å². The van der Waals surface area contributed by atoms with Crippen molar-refractivity contribution >= 4 is 37.5 Å². The molecule has 0 amide bonds. The van der Waals surface area contributed by atoms with Crippen molar-refractivity contribution in [3.8, 4) is 0 Å². The number of thiophene rings is 1. The molecule has 0 aromatic carbocycles. The Kier molecular flexibility index (Phi) is 6.64. The van der Waals surface area contributed by atoms with Crippen LogP contribution in [-0.2, 0) is 16.8 Å². The molecule has 0 radical (unpaired) electrons. The number of nitrogens with one attached hydrogen (secondary N) is 2. The van der Waals surface area contributed by atoms with Gasteiger partial charge in [-0.05, 0) is 53.8 Å². The molecule has 21 heavy (non-hydrogen) atoms. The van der Waals surface area contributed by atoms with Crippen molar-refractivity contribution in [1.29, 1.82) is 0 Å². The molecular weight excluding hydrogens is 374 g/mol. The Balaban J connectivity index is 1.89. The number of rotatable bonds is 7. The summed E-state index contributed by atoms with van der Waals surface area (Å²) >= 11 is 4.92. The molecule has 1 fully saturated rings. The molecule has 1 saturated heterocycles. The van der Waals surface area contributed by atoms with E-state index in [0.29, 0.717) is 25.6 Å². The highest BCUT2D eigenvalue weighted by molar-refractivity contribution is 9.10. The first-order chi connectivity index (χ1) is 10.0. The lowest BCUT2D eigenvalue weighted by Crippen LogP contribution is -2.47. The minimum Gasteiger partial charge on any atom is -0.317 e. The second-order valence-corrected chi connectivity index (χ2v) is 8.90. The van der Waals surface area contributed by atoms with Crippen LogP contribution in [0.5, 0.6) is 0 Å².